The fraction of sp³-hybridized carbons (Fsp3) is 0.0769. The smallest absolute Gasteiger partial charge is 0.265 e. The summed E-state index contributed by atoms with van der Waals surface area (Å²) in [5, 5.41) is 15.7. The van der Waals surface area contributed by atoms with Crippen molar-refractivity contribution < 1.29 is 19.1 Å². The Kier molecular flexibility index (Phi) is 4.39. The summed E-state index contributed by atoms with van der Waals surface area (Å²) in [5.74, 6) is -1.01. The molecule has 0 atom stereocenters. The zero-order valence-corrected chi connectivity index (χ0v) is 11.8. The number of carbonyl (C=O) groups is 1. The minimum atomic E-state index is -0.702. The largest absolute Gasteiger partial charge is 0.496 e. The molecule has 0 radical (unpaired) electrons. The van der Waals surface area contributed by atoms with Gasteiger partial charge < -0.3 is 21.0 Å². The number of amidine groups is 1. The van der Waals surface area contributed by atoms with E-state index in [1.165, 1.54) is 30.6 Å². The number of hydrogen-bond donors (Lipinski definition) is 3. The number of nitrogens with zero attached hydrogens (tertiary/aromatic N) is 1. The first-order chi connectivity index (χ1) is 10.1. The third kappa shape index (κ3) is 3.11. The summed E-state index contributed by atoms with van der Waals surface area (Å²) in [7, 11) is 1.49. The molecule has 2 aromatic rings. The molecular weight excluding hydrogens is 297 g/mol. The first kappa shape index (κ1) is 14.8. The Labute approximate surface area is 123 Å². The molecule has 0 aliphatic rings. The van der Waals surface area contributed by atoms with Crippen molar-refractivity contribution in [2.75, 3.05) is 12.4 Å². The average molecular weight is 309 g/mol. The van der Waals surface area contributed by atoms with Gasteiger partial charge in [-0.1, -0.05) is 11.2 Å². The maximum atomic E-state index is 13.8. The maximum absolute atomic E-state index is 13.8. The Morgan fingerprint density at radius 3 is 2.90 bits per heavy atom. The SMILES string of the molecule is COc1csc(C(=O)Nc2cccc(F)c2/C(N)=N/O)c1. The van der Waals surface area contributed by atoms with E-state index in [0.717, 1.165) is 6.07 Å². The minimum Gasteiger partial charge on any atom is -0.496 e. The van der Waals surface area contributed by atoms with Crippen LogP contribution in [-0.4, -0.2) is 24.1 Å². The van der Waals surface area contributed by atoms with Crippen molar-refractivity contribution in [1.29, 1.82) is 0 Å². The van der Waals surface area contributed by atoms with Crippen LogP contribution in [-0.2, 0) is 0 Å². The molecule has 8 heteroatoms. The van der Waals surface area contributed by atoms with Crippen molar-refractivity contribution in [2.45, 2.75) is 0 Å². The number of anilines is 1. The summed E-state index contributed by atoms with van der Waals surface area (Å²) in [6.45, 7) is 0. The molecule has 6 nitrogen and oxygen atoms in total. The number of rotatable bonds is 4. The molecule has 0 spiro atoms. The Balaban J connectivity index is 2.31. The molecule has 110 valence electrons. The molecule has 1 amide bonds. The van der Waals surface area contributed by atoms with Crippen molar-refractivity contribution >= 4 is 28.8 Å². The van der Waals surface area contributed by atoms with Crippen molar-refractivity contribution in [2.24, 2.45) is 10.9 Å². The first-order valence-electron chi connectivity index (χ1n) is 5.77. The molecule has 0 bridgehead atoms. The summed E-state index contributed by atoms with van der Waals surface area (Å²) in [5.41, 5.74) is 5.37. The molecule has 2 rings (SSSR count). The van der Waals surface area contributed by atoms with E-state index < -0.39 is 17.6 Å². The van der Waals surface area contributed by atoms with Crippen LogP contribution in [0.5, 0.6) is 5.75 Å². The van der Waals surface area contributed by atoms with Crippen LogP contribution < -0.4 is 15.8 Å². The molecular formula is C13H12FN3O3S. The molecule has 1 heterocycles. The third-order valence-electron chi connectivity index (χ3n) is 2.66. The lowest BCUT2D eigenvalue weighted by atomic mass is 10.1. The van der Waals surface area contributed by atoms with Crippen molar-refractivity contribution in [3.05, 3.63) is 45.9 Å². The van der Waals surface area contributed by atoms with Gasteiger partial charge in [-0.3, -0.25) is 4.79 Å². The van der Waals surface area contributed by atoms with Crippen LogP contribution in [0.3, 0.4) is 0 Å². The van der Waals surface area contributed by atoms with Gasteiger partial charge in [0.05, 0.1) is 23.2 Å². The van der Waals surface area contributed by atoms with Gasteiger partial charge in [-0.05, 0) is 12.1 Å². The van der Waals surface area contributed by atoms with Gasteiger partial charge in [-0.15, -0.1) is 11.3 Å². The number of oxime groups is 1. The van der Waals surface area contributed by atoms with Gasteiger partial charge in [0.1, 0.15) is 11.6 Å². The highest BCUT2D eigenvalue weighted by atomic mass is 32.1. The highest BCUT2D eigenvalue weighted by Gasteiger charge is 2.17. The molecule has 0 fully saturated rings. The number of nitrogens with one attached hydrogen (secondary N) is 1. The first-order valence-corrected chi connectivity index (χ1v) is 6.65. The Morgan fingerprint density at radius 2 is 2.29 bits per heavy atom. The van der Waals surface area contributed by atoms with Gasteiger partial charge in [-0.25, -0.2) is 4.39 Å². The van der Waals surface area contributed by atoms with Gasteiger partial charge in [0.15, 0.2) is 5.84 Å². The predicted molar refractivity (Wildman–Crippen MR) is 77.7 cm³/mol. The fourth-order valence-corrected chi connectivity index (χ4v) is 2.42. The van der Waals surface area contributed by atoms with Gasteiger partial charge in [0, 0.05) is 11.4 Å². The fourth-order valence-electron chi connectivity index (χ4n) is 1.67. The van der Waals surface area contributed by atoms with E-state index >= 15 is 0 Å². The van der Waals surface area contributed by atoms with Gasteiger partial charge >= 0.3 is 0 Å². The number of benzene rings is 1. The summed E-state index contributed by atoms with van der Waals surface area (Å²) in [6, 6.07) is 5.58. The van der Waals surface area contributed by atoms with E-state index in [1.54, 1.807) is 11.4 Å². The van der Waals surface area contributed by atoms with Crippen LogP contribution in [0.4, 0.5) is 10.1 Å². The molecule has 1 aromatic heterocycles. The van der Waals surface area contributed by atoms with E-state index in [2.05, 4.69) is 10.5 Å². The number of thiophene rings is 1. The molecule has 0 saturated carbocycles. The normalized spacial score (nSPS) is 11.2. The summed E-state index contributed by atoms with van der Waals surface area (Å²) >= 11 is 1.18. The highest BCUT2D eigenvalue weighted by Crippen LogP contribution is 2.24. The van der Waals surface area contributed by atoms with E-state index in [4.69, 9.17) is 15.7 Å². The van der Waals surface area contributed by atoms with Crippen LogP contribution in [0.2, 0.25) is 0 Å². The van der Waals surface area contributed by atoms with Gasteiger partial charge in [0.2, 0.25) is 0 Å². The second-order valence-electron chi connectivity index (χ2n) is 3.95. The van der Waals surface area contributed by atoms with Gasteiger partial charge in [0.25, 0.3) is 5.91 Å². The zero-order chi connectivity index (χ0) is 15.4. The predicted octanol–water partition coefficient (Wildman–Crippen LogP) is 2.24. The maximum Gasteiger partial charge on any atom is 0.265 e. The molecule has 0 aliphatic carbocycles. The van der Waals surface area contributed by atoms with Crippen LogP contribution in [0.1, 0.15) is 15.2 Å². The lowest BCUT2D eigenvalue weighted by Gasteiger charge is -2.10. The molecule has 0 unspecified atom stereocenters. The highest BCUT2D eigenvalue weighted by molar-refractivity contribution is 7.12. The Hall–Kier alpha value is -2.61. The van der Waals surface area contributed by atoms with E-state index in [1.807, 2.05) is 0 Å². The van der Waals surface area contributed by atoms with E-state index in [0.29, 0.717) is 10.6 Å². The van der Waals surface area contributed by atoms with Crippen LogP contribution >= 0.6 is 11.3 Å². The lowest BCUT2D eigenvalue weighted by Crippen LogP contribution is -2.20. The number of ether oxygens (including phenoxy) is 1. The van der Waals surface area contributed by atoms with Crippen molar-refractivity contribution in [3.8, 4) is 5.75 Å². The zero-order valence-electron chi connectivity index (χ0n) is 11.0. The molecule has 21 heavy (non-hydrogen) atoms. The summed E-state index contributed by atoms with van der Waals surface area (Å²) in [4.78, 5) is 12.5. The number of methoxy groups -OCH3 is 1. The topological polar surface area (TPSA) is 96.9 Å². The van der Waals surface area contributed by atoms with Crippen LogP contribution in [0.25, 0.3) is 0 Å². The van der Waals surface area contributed by atoms with Crippen molar-refractivity contribution in [3.63, 3.8) is 0 Å². The standard InChI is InChI=1S/C13H12FN3O3S/c1-20-7-5-10(21-6-7)13(18)16-9-4-2-3-8(14)11(9)12(15)17-19/h2-6,19H,1H3,(H2,15,17)(H,16,18). The number of nitrogens with two attached hydrogens (primary N) is 1. The molecule has 1 aromatic carbocycles. The van der Waals surface area contributed by atoms with Gasteiger partial charge in [-0.2, -0.15) is 0 Å². The van der Waals surface area contributed by atoms with Crippen LogP contribution in [0.15, 0.2) is 34.8 Å². The minimum absolute atomic E-state index is 0.114. The Bertz CT molecular complexity index is 700. The van der Waals surface area contributed by atoms with E-state index in [-0.39, 0.29) is 11.3 Å². The molecule has 0 aliphatic heterocycles. The number of carbonyl (C=O) groups excluding carboxylic acids is 1. The second kappa shape index (κ2) is 6.23. The number of hydrogen-bond acceptors (Lipinski definition) is 5. The monoisotopic (exact) mass is 309 g/mol. The van der Waals surface area contributed by atoms with Crippen LogP contribution in [0, 0.1) is 5.82 Å². The number of halogens is 1. The number of amides is 1. The summed E-state index contributed by atoms with van der Waals surface area (Å²) in [6.07, 6.45) is 0. The van der Waals surface area contributed by atoms with Crippen molar-refractivity contribution in [1.82, 2.24) is 0 Å². The summed E-state index contributed by atoms with van der Waals surface area (Å²) < 4.78 is 18.8. The Morgan fingerprint density at radius 1 is 1.52 bits per heavy atom. The lowest BCUT2D eigenvalue weighted by molar-refractivity contribution is 0.103. The molecule has 0 saturated heterocycles. The molecule has 4 N–H and O–H groups in total. The average Bonchev–Trinajstić information content (AvgIpc) is 2.96. The quantitative estimate of drug-likeness (QED) is 0.349. The third-order valence-corrected chi connectivity index (χ3v) is 3.57. The van der Waals surface area contributed by atoms with E-state index in [9.17, 15) is 9.18 Å². The second-order valence-corrected chi connectivity index (χ2v) is 4.86.